The smallest absolute Gasteiger partial charge is 0.290 e. The van der Waals surface area contributed by atoms with Gasteiger partial charge in [0.2, 0.25) is 0 Å². The molecule has 50 valence electrons. The molecule has 1 atom stereocenters. The lowest BCUT2D eigenvalue weighted by molar-refractivity contribution is -0.142. The van der Waals surface area contributed by atoms with E-state index in [9.17, 15) is 9.59 Å². The SMILES string of the molecule is C[C@]1(O)CNC(=O)C1=O. The third-order valence-corrected chi connectivity index (χ3v) is 1.29. The average molecular weight is 129 g/mol. The van der Waals surface area contributed by atoms with E-state index < -0.39 is 17.3 Å². The second-order valence-corrected chi connectivity index (χ2v) is 2.29. The molecular weight excluding hydrogens is 122 g/mol. The van der Waals surface area contributed by atoms with Crippen molar-refractivity contribution >= 4 is 11.7 Å². The molecular formula is C5H7NO3. The van der Waals surface area contributed by atoms with Crippen LogP contribution < -0.4 is 5.32 Å². The molecule has 0 unspecified atom stereocenters. The molecule has 1 heterocycles. The van der Waals surface area contributed by atoms with Gasteiger partial charge in [0.15, 0.2) is 0 Å². The number of hydrogen-bond acceptors (Lipinski definition) is 3. The molecule has 1 aliphatic heterocycles. The van der Waals surface area contributed by atoms with Gasteiger partial charge in [0, 0.05) is 0 Å². The molecule has 0 aromatic rings. The van der Waals surface area contributed by atoms with Crippen LogP contribution in [0.5, 0.6) is 0 Å². The minimum absolute atomic E-state index is 0.0324. The first-order chi connectivity index (χ1) is 4.04. The molecule has 0 aromatic carbocycles. The predicted octanol–water partition coefficient (Wildman–Crippen LogP) is -1.56. The molecule has 2 N–H and O–H groups in total. The van der Waals surface area contributed by atoms with Crippen LogP contribution in [0.1, 0.15) is 6.92 Å². The summed E-state index contributed by atoms with van der Waals surface area (Å²) in [7, 11) is 0. The van der Waals surface area contributed by atoms with E-state index in [2.05, 4.69) is 5.32 Å². The number of rotatable bonds is 0. The van der Waals surface area contributed by atoms with Crippen LogP contribution in [0, 0.1) is 0 Å². The zero-order valence-corrected chi connectivity index (χ0v) is 4.97. The Morgan fingerprint density at radius 3 is 2.33 bits per heavy atom. The summed E-state index contributed by atoms with van der Waals surface area (Å²) in [5.41, 5.74) is -1.48. The Labute approximate surface area is 51.9 Å². The van der Waals surface area contributed by atoms with E-state index in [0.717, 1.165) is 0 Å². The largest absolute Gasteiger partial charge is 0.380 e. The van der Waals surface area contributed by atoms with E-state index in [0.29, 0.717) is 0 Å². The van der Waals surface area contributed by atoms with Gasteiger partial charge in [0.05, 0.1) is 6.54 Å². The lowest BCUT2D eigenvalue weighted by Gasteiger charge is -2.08. The van der Waals surface area contributed by atoms with Crippen LogP contribution in [-0.2, 0) is 9.59 Å². The molecule has 0 spiro atoms. The summed E-state index contributed by atoms with van der Waals surface area (Å²) >= 11 is 0. The van der Waals surface area contributed by atoms with Crippen LogP contribution in [0.2, 0.25) is 0 Å². The summed E-state index contributed by atoms with van der Waals surface area (Å²) in [4.78, 5) is 20.9. The molecule has 1 aliphatic rings. The van der Waals surface area contributed by atoms with Gasteiger partial charge in [-0.15, -0.1) is 0 Å². The summed E-state index contributed by atoms with van der Waals surface area (Å²) in [5, 5.41) is 11.2. The van der Waals surface area contributed by atoms with Crippen molar-refractivity contribution in [3.63, 3.8) is 0 Å². The number of nitrogens with one attached hydrogen (secondary N) is 1. The van der Waals surface area contributed by atoms with Crippen molar-refractivity contribution in [2.24, 2.45) is 0 Å². The predicted molar refractivity (Wildman–Crippen MR) is 28.6 cm³/mol. The van der Waals surface area contributed by atoms with E-state index in [1.165, 1.54) is 6.92 Å². The first-order valence-corrected chi connectivity index (χ1v) is 2.59. The number of Topliss-reactive ketones (excluding diaryl/α,β-unsaturated/α-hetero) is 1. The van der Waals surface area contributed by atoms with Gasteiger partial charge >= 0.3 is 0 Å². The Morgan fingerprint density at radius 1 is 1.67 bits per heavy atom. The van der Waals surface area contributed by atoms with Gasteiger partial charge in [-0.25, -0.2) is 0 Å². The Morgan fingerprint density at radius 2 is 2.22 bits per heavy atom. The third-order valence-electron chi connectivity index (χ3n) is 1.29. The molecule has 0 aliphatic carbocycles. The molecule has 0 saturated carbocycles. The highest BCUT2D eigenvalue weighted by Crippen LogP contribution is 2.08. The monoisotopic (exact) mass is 129 g/mol. The Kier molecular flexibility index (Phi) is 1.06. The fraction of sp³-hybridized carbons (Fsp3) is 0.600. The highest BCUT2D eigenvalue weighted by Gasteiger charge is 2.41. The van der Waals surface area contributed by atoms with E-state index in [4.69, 9.17) is 5.11 Å². The van der Waals surface area contributed by atoms with Crippen molar-refractivity contribution in [3.8, 4) is 0 Å². The highest BCUT2D eigenvalue weighted by atomic mass is 16.3. The lowest BCUT2D eigenvalue weighted by atomic mass is 10.1. The number of amides is 1. The Bertz CT molecular complexity index is 173. The summed E-state index contributed by atoms with van der Waals surface area (Å²) < 4.78 is 0. The zero-order chi connectivity index (χ0) is 7.07. The normalized spacial score (nSPS) is 34.9. The Hall–Kier alpha value is -0.900. The summed E-state index contributed by atoms with van der Waals surface area (Å²) in [5.74, 6) is -1.44. The van der Waals surface area contributed by atoms with Gasteiger partial charge in [0.1, 0.15) is 5.60 Å². The summed E-state index contributed by atoms with van der Waals surface area (Å²) in [6, 6.07) is 0. The van der Waals surface area contributed by atoms with E-state index in [1.54, 1.807) is 0 Å². The van der Waals surface area contributed by atoms with Crippen LogP contribution in [0.4, 0.5) is 0 Å². The second-order valence-electron chi connectivity index (χ2n) is 2.29. The van der Waals surface area contributed by atoms with Crippen molar-refractivity contribution in [3.05, 3.63) is 0 Å². The van der Waals surface area contributed by atoms with Gasteiger partial charge in [0.25, 0.3) is 11.7 Å². The average Bonchev–Trinajstić information content (AvgIpc) is 1.97. The Balaban J connectivity index is 2.86. The van der Waals surface area contributed by atoms with Gasteiger partial charge < -0.3 is 10.4 Å². The maximum Gasteiger partial charge on any atom is 0.290 e. The first-order valence-electron chi connectivity index (χ1n) is 2.59. The van der Waals surface area contributed by atoms with Crippen molar-refractivity contribution in [1.82, 2.24) is 5.32 Å². The number of hydrogen-bond donors (Lipinski definition) is 2. The fourth-order valence-electron chi connectivity index (χ4n) is 0.658. The number of carbonyl (C=O) groups is 2. The van der Waals surface area contributed by atoms with Crippen molar-refractivity contribution in [1.29, 1.82) is 0 Å². The quantitative estimate of drug-likeness (QED) is 0.388. The standard InChI is InChI=1S/C5H7NO3/c1-5(9)2-6-4(8)3(5)7/h9H,2H2,1H3,(H,6,8)/t5-/m0/s1. The van der Waals surface area contributed by atoms with Gasteiger partial charge in [-0.2, -0.15) is 0 Å². The topological polar surface area (TPSA) is 66.4 Å². The molecule has 1 fully saturated rings. The van der Waals surface area contributed by atoms with Crippen LogP contribution >= 0.6 is 0 Å². The zero-order valence-electron chi connectivity index (χ0n) is 4.97. The summed E-state index contributed by atoms with van der Waals surface area (Å²) in [6.07, 6.45) is 0. The molecule has 9 heavy (non-hydrogen) atoms. The second kappa shape index (κ2) is 1.54. The number of ketones is 1. The molecule has 0 radical (unpaired) electrons. The maximum absolute atomic E-state index is 10.6. The fourth-order valence-corrected chi connectivity index (χ4v) is 0.658. The van der Waals surface area contributed by atoms with Crippen LogP contribution in [0.15, 0.2) is 0 Å². The number of carbonyl (C=O) groups excluding carboxylic acids is 2. The van der Waals surface area contributed by atoms with Crippen LogP contribution in [0.25, 0.3) is 0 Å². The van der Waals surface area contributed by atoms with E-state index in [1.807, 2.05) is 0 Å². The van der Waals surface area contributed by atoms with Crippen molar-refractivity contribution < 1.29 is 14.7 Å². The molecule has 4 heteroatoms. The van der Waals surface area contributed by atoms with E-state index in [-0.39, 0.29) is 6.54 Å². The molecule has 0 aromatic heterocycles. The van der Waals surface area contributed by atoms with Crippen LogP contribution in [-0.4, -0.2) is 28.9 Å². The number of aliphatic hydroxyl groups is 1. The minimum atomic E-state index is -1.48. The van der Waals surface area contributed by atoms with Crippen molar-refractivity contribution in [2.75, 3.05) is 6.54 Å². The van der Waals surface area contributed by atoms with Gasteiger partial charge in [-0.05, 0) is 6.92 Å². The van der Waals surface area contributed by atoms with E-state index >= 15 is 0 Å². The molecule has 4 nitrogen and oxygen atoms in total. The van der Waals surface area contributed by atoms with Crippen molar-refractivity contribution in [2.45, 2.75) is 12.5 Å². The molecule has 1 rings (SSSR count). The molecule has 1 saturated heterocycles. The number of β-amino-alcohol motifs (C(OH)–C–C–N with tert-alkyl or cyclic N) is 1. The van der Waals surface area contributed by atoms with Crippen LogP contribution in [0.3, 0.4) is 0 Å². The highest BCUT2D eigenvalue weighted by molar-refractivity contribution is 6.41. The third kappa shape index (κ3) is 0.810. The molecule has 0 bridgehead atoms. The molecule has 1 amide bonds. The lowest BCUT2D eigenvalue weighted by Crippen LogP contribution is -2.34. The minimum Gasteiger partial charge on any atom is -0.380 e. The first kappa shape index (κ1) is 6.22. The van der Waals surface area contributed by atoms with Gasteiger partial charge in [-0.1, -0.05) is 0 Å². The maximum atomic E-state index is 10.6. The van der Waals surface area contributed by atoms with Gasteiger partial charge in [-0.3, -0.25) is 9.59 Å². The summed E-state index contributed by atoms with van der Waals surface area (Å²) in [6.45, 7) is 1.35.